The Kier molecular flexibility index (Phi) is 2.62. The summed E-state index contributed by atoms with van der Waals surface area (Å²) in [5.41, 5.74) is -0.348. The molecule has 16 heavy (non-hydrogen) atoms. The molecule has 0 saturated heterocycles. The average molecular weight is 281 g/mol. The molecule has 0 spiro atoms. The second-order valence-corrected chi connectivity index (χ2v) is 5.59. The summed E-state index contributed by atoms with van der Waals surface area (Å²) in [5.74, 6) is 0. The van der Waals surface area contributed by atoms with E-state index in [2.05, 4.69) is 21.0 Å². The Labute approximate surface area is 102 Å². The van der Waals surface area contributed by atoms with Gasteiger partial charge in [-0.25, -0.2) is 4.68 Å². The summed E-state index contributed by atoms with van der Waals surface area (Å²) in [6, 6.07) is 5.60. The first kappa shape index (κ1) is 11.3. The summed E-state index contributed by atoms with van der Waals surface area (Å²) in [6.45, 7) is 5.89. The van der Waals surface area contributed by atoms with Crippen LogP contribution in [0.4, 0.5) is 0 Å². The lowest BCUT2D eigenvalue weighted by molar-refractivity contribution is 0.340. The average Bonchev–Trinajstić information content (AvgIpc) is 2.18. The highest BCUT2D eigenvalue weighted by atomic mass is 79.9. The van der Waals surface area contributed by atoms with Gasteiger partial charge in [-0.2, -0.15) is 5.10 Å². The van der Waals surface area contributed by atoms with Gasteiger partial charge < -0.3 is 0 Å². The summed E-state index contributed by atoms with van der Waals surface area (Å²) in [6.07, 6.45) is 1.73. The van der Waals surface area contributed by atoms with Gasteiger partial charge in [-0.15, -0.1) is 0 Å². The standard InChI is InChI=1S/C12H13BrN2O/c1-12(2,3)15-11(16)8-5-4-6-10(13)9(8)7-14-15/h4-7H,1-3H3. The number of fused-ring (bicyclic) bond motifs is 1. The van der Waals surface area contributed by atoms with E-state index in [0.717, 1.165) is 9.86 Å². The van der Waals surface area contributed by atoms with Crippen LogP contribution >= 0.6 is 15.9 Å². The van der Waals surface area contributed by atoms with Gasteiger partial charge in [0.2, 0.25) is 0 Å². The van der Waals surface area contributed by atoms with Crippen molar-refractivity contribution >= 4 is 26.7 Å². The minimum Gasteiger partial charge on any atom is -0.267 e. The van der Waals surface area contributed by atoms with Crippen LogP contribution in [-0.2, 0) is 5.54 Å². The number of aromatic nitrogens is 2. The van der Waals surface area contributed by atoms with Gasteiger partial charge in [-0.05, 0) is 32.9 Å². The Morgan fingerprint density at radius 1 is 1.25 bits per heavy atom. The molecule has 0 N–H and O–H groups in total. The van der Waals surface area contributed by atoms with Crippen molar-refractivity contribution in [3.8, 4) is 0 Å². The Balaban J connectivity index is 2.87. The highest BCUT2D eigenvalue weighted by Gasteiger charge is 2.17. The third kappa shape index (κ3) is 1.78. The highest BCUT2D eigenvalue weighted by Crippen LogP contribution is 2.21. The van der Waals surface area contributed by atoms with Gasteiger partial charge in [0.25, 0.3) is 5.56 Å². The molecule has 0 aliphatic rings. The molecule has 1 aromatic heterocycles. The van der Waals surface area contributed by atoms with Gasteiger partial charge >= 0.3 is 0 Å². The zero-order valence-corrected chi connectivity index (χ0v) is 11.1. The van der Waals surface area contributed by atoms with Gasteiger partial charge in [0.05, 0.1) is 17.1 Å². The summed E-state index contributed by atoms with van der Waals surface area (Å²) in [5, 5.41) is 5.76. The number of hydrogen-bond acceptors (Lipinski definition) is 2. The molecule has 2 rings (SSSR count). The molecule has 0 bridgehead atoms. The van der Waals surface area contributed by atoms with E-state index in [1.165, 1.54) is 4.68 Å². The molecule has 1 aromatic carbocycles. The molecule has 84 valence electrons. The van der Waals surface area contributed by atoms with Gasteiger partial charge in [0.1, 0.15) is 0 Å². The second-order valence-electron chi connectivity index (χ2n) is 4.73. The molecule has 3 nitrogen and oxygen atoms in total. The van der Waals surface area contributed by atoms with Crippen LogP contribution in [0, 0.1) is 0 Å². The summed E-state index contributed by atoms with van der Waals surface area (Å²) < 4.78 is 2.41. The fourth-order valence-electron chi connectivity index (χ4n) is 1.61. The third-order valence-corrected chi connectivity index (χ3v) is 3.10. The van der Waals surface area contributed by atoms with E-state index < -0.39 is 0 Å². The molecule has 2 aromatic rings. The van der Waals surface area contributed by atoms with Crippen LogP contribution in [0.15, 0.2) is 33.7 Å². The Hall–Kier alpha value is -1.16. The van der Waals surface area contributed by atoms with Crippen molar-refractivity contribution in [3.63, 3.8) is 0 Å². The Morgan fingerprint density at radius 3 is 2.56 bits per heavy atom. The summed E-state index contributed by atoms with van der Waals surface area (Å²) >= 11 is 3.42. The Morgan fingerprint density at radius 2 is 1.94 bits per heavy atom. The van der Waals surface area contributed by atoms with E-state index in [-0.39, 0.29) is 11.1 Å². The van der Waals surface area contributed by atoms with E-state index in [1.807, 2.05) is 39.0 Å². The first-order valence-electron chi connectivity index (χ1n) is 5.08. The molecule has 0 atom stereocenters. The molecule has 4 heteroatoms. The predicted octanol–water partition coefficient (Wildman–Crippen LogP) is 2.91. The van der Waals surface area contributed by atoms with Crippen molar-refractivity contribution in [3.05, 3.63) is 39.2 Å². The van der Waals surface area contributed by atoms with Crippen LogP contribution in [0.5, 0.6) is 0 Å². The molecule has 0 radical (unpaired) electrons. The maximum absolute atomic E-state index is 12.2. The van der Waals surface area contributed by atoms with Crippen LogP contribution in [0.1, 0.15) is 20.8 Å². The van der Waals surface area contributed by atoms with Crippen LogP contribution < -0.4 is 5.56 Å². The van der Waals surface area contributed by atoms with Gasteiger partial charge in [-0.1, -0.05) is 22.0 Å². The molecule has 0 aliphatic carbocycles. The molecule has 0 fully saturated rings. The van der Waals surface area contributed by atoms with Crippen molar-refractivity contribution in [2.75, 3.05) is 0 Å². The van der Waals surface area contributed by atoms with Crippen molar-refractivity contribution in [1.82, 2.24) is 9.78 Å². The first-order valence-corrected chi connectivity index (χ1v) is 5.87. The quantitative estimate of drug-likeness (QED) is 0.744. The molecule has 0 unspecified atom stereocenters. The topological polar surface area (TPSA) is 34.9 Å². The molecule has 0 amide bonds. The van der Waals surface area contributed by atoms with E-state index in [1.54, 1.807) is 6.20 Å². The maximum Gasteiger partial charge on any atom is 0.275 e. The SMILES string of the molecule is CC(C)(C)n1ncc2c(Br)cccc2c1=O. The van der Waals surface area contributed by atoms with Crippen LogP contribution in [0.25, 0.3) is 10.8 Å². The lowest BCUT2D eigenvalue weighted by atomic mass is 10.1. The molecule has 1 heterocycles. The predicted molar refractivity (Wildman–Crippen MR) is 68.7 cm³/mol. The normalized spacial score (nSPS) is 12.0. The molecule has 0 saturated carbocycles. The van der Waals surface area contributed by atoms with Crippen molar-refractivity contribution in [2.24, 2.45) is 0 Å². The van der Waals surface area contributed by atoms with Crippen molar-refractivity contribution in [1.29, 1.82) is 0 Å². The Bertz CT molecular complexity index is 596. The minimum atomic E-state index is -0.298. The summed E-state index contributed by atoms with van der Waals surface area (Å²) in [4.78, 5) is 12.2. The van der Waals surface area contributed by atoms with Crippen molar-refractivity contribution in [2.45, 2.75) is 26.3 Å². The zero-order chi connectivity index (χ0) is 11.9. The lowest BCUT2D eigenvalue weighted by Crippen LogP contribution is -2.35. The van der Waals surface area contributed by atoms with Crippen LogP contribution in [0.2, 0.25) is 0 Å². The van der Waals surface area contributed by atoms with Gasteiger partial charge in [0.15, 0.2) is 0 Å². The van der Waals surface area contributed by atoms with E-state index in [0.29, 0.717) is 5.39 Å². The third-order valence-electron chi connectivity index (χ3n) is 2.41. The second kappa shape index (κ2) is 3.70. The fourth-order valence-corrected chi connectivity index (χ4v) is 2.08. The van der Waals surface area contributed by atoms with Crippen LogP contribution in [0.3, 0.4) is 0 Å². The molecule has 0 aliphatic heterocycles. The smallest absolute Gasteiger partial charge is 0.267 e. The van der Waals surface area contributed by atoms with Gasteiger partial charge in [-0.3, -0.25) is 4.79 Å². The fraction of sp³-hybridized carbons (Fsp3) is 0.333. The highest BCUT2D eigenvalue weighted by molar-refractivity contribution is 9.10. The summed E-state index contributed by atoms with van der Waals surface area (Å²) in [7, 11) is 0. The van der Waals surface area contributed by atoms with E-state index in [4.69, 9.17) is 0 Å². The molecular formula is C12H13BrN2O. The number of hydrogen-bond donors (Lipinski definition) is 0. The number of nitrogens with zero attached hydrogens (tertiary/aromatic N) is 2. The van der Waals surface area contributed by atoms with E-state index >= 15 is 0 Å². The first-order chi connectivity index (χ1) is 7.41. The minimum absolute atomic E-state index is 0.0497. The van der Waals surface area contributed by atoms with Gasteiger partial charge in [0, 0.05) is 9.86 Å². The number of benzene rings is 1. The van der Waals surface area contributed by atoms with Crippen molar-refractivity contribution < 1.29 is 0 Å². The molecular weight excluding hydrogens is 268 g/mol. The number of halogens is 1. The van der Waals surface area contributed by atoms with Crippen LogP contribution in [-0.4, -0.2) is 9.78 Å². The maximum atomic E-state index is 12.2. The monoisotopic (exact) mass is 280 g/mol. The van der Waals surface area contributed by atoms with E-state index in [9.17, 15) is 4.79 Å². The largest absolute Gasteiger partial charge is 0.275 e. The lowest BCUT2D eigenvalue weighted by Gasteiger charge is -2.20. The number of rotatable bonds is 0. The zero-order valence-electron chi connectivity index (χ0n) is 9.49.